The topological polar surface area (TPSA) is 29.9 Å². The van der Waals surface area contributed by atoms with Crippen molar-refractivity contribution in [2.75, 3.05) is 5.32 Å². The summed E-state index contributed by atoms with van der Waals surface area (Å²) in [6.45, 7) is 5.48. The summed E-state index contributed by atoms with van der Waals surface area (Å²) < 4.78 is 2.31. The van der Waals surface area contributed by atoms with Crippen LogP contribution in [-0.2, 0) is 6.54 Å². The van der Waals surface area contributed by atoms with E-state index in [0.717, 1.165) is 18.2 Å². The summed E-state index contributed by atoms with van der Waals surface area (Å²) >= 11 is 0. The molecule has 0 atom stereocenters. The van der Waals surface area contributed by atoms with Crippen molar-refractivity contribution in [3.05, 3.63) is 11.9 Å². The zero-order valence-electron chi connectivity index (χ0n) is 13.3. The van der Waals surface area contributed by atoms with Gasteiger partial charge in [-0.1, -0.05) is 51.9 Å². The second-order valence-corrected chi connectivity index (χ2v) is 6.29. The van der Waals surface area contributed by atoms with Crippen LogP contribution < -0.4 is 5.32 Å². The van der Waals surface area contributed by atoms with Crippen LogP contribution in [0.1, 0.15) is 76.8 Å². The van der Waals surface area contributed by atoms with Gasteiger partial charge in [0.1, 0.15) is 0 Å². The Balaban J connectivity index is 1.58. The Labute approximate surface area is 124 Å². The quantitative estimate of drug-likeness (QED) is 0.583. The first kappa shape index (κ1) is 15.4. The predicted molar refractivity (Wildman–Crippen MR) is 86.2 cm³/mol. The minimum atomic E-state index is 0.689. The molecule has 0 aliphatic heterocycles. The maximum atomic E-state index is 4.59. The van der Waals surface area contributed by atoms with Crippen molar-refractivity contribution < 1.29 is 0 Å². The fourth-order valence-corrected chi connectivity index (χ4v) is 2.66. The average molecular weight is 277 g/mol. The van der Waals surface area contributed by atoms with Crippen LogP contribution in [0, 0.1) is 6.92 Å². The maximum Gasteiger partial charge on any atom is 0.203 e. The van der Waals surface area contributed by atoms with E-state index in [4.69, 9.17) is 0 Å². The minimum absolute atomic E-state index is 0.689. The number of aryl methyl sites for hydroxylation is 2. The molecule has 0 unspecified atom stereocenters. The normalized spacial score (nSPS) is 14.7. The van der Waals surface area contributed by atoms with E-state index >= 15 is 0 Å². The highest BCUT2D eigenvalue weighted by atomic mass is 15.2. The Hall–Kier alpha value is -0.990. The largest absolute Gasteiger partial charge is 0.353 e. The van der Waals surface area contributed by atoms with Gasteiger partial charge in [-0.05, 0) is 26.2 Å². The van der Waals surface area contributed by atoms with Gasteiger partial charge in [-0.3, -0.25) is 0 Å². The van der Waals surface area contributed by atoms with Crippen LogP contribution in [-0.4, -0.2) is 15.6 Å². The Kier molecular flexibility index (Phi) is 6.41. The molecule has 0 aromatic carbocycles. The molecule has 1 saturated carbocycles. The van der Waals surface area contributed by atoms with E-state index in [9.17, 15) is 0 Å². The van der Waals surface area contributed by atoms with Crippen LogP contribution in [0.4, 0.5) is 5.95 Å². The Morgan fingerprint density at radius 2 is 1.75 bits per heavy atom. The molecule has 0 amide bonds. The van der Waals surface area contributed by atoms with E-state index in [-0.39, 0.29) is 0 Å². The van der Waals surface area contributed by atoms with E-state index < -0.39 is 0 Å². The van der Waals surface area contributed by atoms with Crippen LogP contribution in [0.2, 0.25) is 0 Å². The summed E-state index contributed by atoms with van der Waals surface area (Å²) in [6.07, 6.45) is 15.8. The lowest BCUT2D eigenvalue weighted by Gasteiger charge is -2.08. The Morgan fingerprint density at radius 1 is 1.10 bits per heavy atom. The van der Waals surface area contributed by atoms with Crippen LogP contribution >= 0.6 is 0 Å². The molecular weight excluding hydrogens is 246 g/mol. The molecule has 20 heavy (non-hydrogen) atoms. The summed E-state index contributed by atoms with van der Waals surface area (Å²) in [6, 6.07) is 0.689. The van der Waals surface area contributed by atoms with Crippen molar-refractivity contribution in [2.24, 2.45) is 0 Å². The first-order valence-electron chi connectivity index (χ1n) is 8.60. The predicted octanol–water partition coefficient (Wildman–Crippen LogP) is 4.91. The molecule has 2 rings (SSSR count). The Bertz CT molecular complexity index is 380. The standard InChI is InChI=1S/C17H31N3/c1-3-4-5-6-7-8-9-10-13-20-14-15(2)18-17(20)19-16-11-12-16/h14,16H,3-13H2,1-2H3,(H,18,19). The van der Waals surface area contributed by atoms with Gasteiger partial charge in [0, 0.05) is 18.8 Å². The third-order valence-corrected chi connectivity index (χ3v) is 4.06. The summed E-state index contributed by atoms with van der Waals surface area (Å²) in [5.74, 6) is 1.09. The van der Waals surface area contributed by atoms with E-state index in [1.54, 1.807) is 0 Å². The Morgan fingerprint density at radius 3 is 2.40 bits per heavy atom. The molecule has 0 bridgehead atoms. The molecule has 1 N–H and O–H groups in total. The molecule has 3 heteroatoms. The van der Waals surface area contributed by atoms with Crippen molar-refractivity contribution in [2.45, 2.75) is 90.6 Å². The summed E-state index contributed by atoms with van der Waals surface area (Å²) in [5.41, 5.74) is 1.13. The summed E-state index contributed by atoms with van der Waals surface area (Å²) in [7, 11) is 0. The third kappa shape index (κ3) is 5.56. The number of imidazole rings is 1. The molecule has 3 nitrogen and oxygen atoms in total. The summed E-state index contributed by atoms with van der Waals surface area (Å²) in [4.78, 5) is 4.59. The first-order valence-corrected chi connectivity index (χ1v) is 8.60. The van der Waals surface area contributed by atoms with Crippen molar-refractivity contribution in [3.8, 4) is 0 Å². The van der Waals surface area contributed by atoms with Crippen molar-refractivity contribution in [1.29, 1.82) is 0 Å². The van der Waals surface area contributed by atoms with Gasteiger partial charge in [-0.2, -0.15) is 0 Å². The maximum absolute atomic E-state index is 4.59. The molecule has 0 spiro atoms. The number of hydrogen-bond acceptors (Lipinski definition) is 2. The molecule has 0 saturated heterocycles. The van der Waals surface area contributed by atoms with Gasteiger partial charge in [0.2, 0.25) is 5.95 Å². The van der Waals surface area contributed by atoms with Gasteiger partial charge in [0.25, 0.3) is 0 Å². The van der Waals surface area contributed by atoms with Crippen molar-refractivity contribution in [1.82, 2.24) is 9.55 Å². The van der Waals surface area contributed by atoms with Crippen LogP contribution in [0.3, 0.4) is 0 Å². The van der Waals surface area contributed by atoms with Crippen LogP contribution in [0.15, 0.2) is 6.20 Å². The smallest absolute Gasteiger partial charge is 0.203 e. The average Bonchev–Trinajstić information content (AvgIpc) is 3.17. The molecule has 114 valence electrons. The number of rotatable bonds is 11. The van der Waals surface area contributed by atoms with Gasteiger partial charge < -0.3 is 9.88 Å². The van der Waals surface area contributed by atoms with E-state index in [2.05, 4.69) is 34.9 Å². The monoisotopic (exact) mass is 277 g/mol. The van der Waals surface area contributed by atoms with Gasteiger partial charge in [0.15, 0.2) is 0 Å². The third-order valence-electron chi connectivity index (χ3n) is 4.06. The van der Waals surface area contributed by atoms with E-state index in [1.807, 2.05) is 0 Å². The molecular formula is C17H31N3. The van der Waals surface area contributed by atoms with Crippen LogP contribution in [0.5, 0.6) is 0 Å². The SMILES string of the molecule is CCCCCCCCCCn1cc(C)nc1NC1CC1. The van der Waals surface area contributed by atoms with Gasteiger partial charge in [0.05, 0.1) is 5.69 Å². The molecule has 1 heterocycles. The van der Waals surface area contributed by atoms with Crippen molar-refractivity contribution in [3.63, 3.8) is 0 Å². The zero-order valence-corrected chi connectivity index (χ0v) is 13.3. The minimum Gasteiger partial charge on any atom is -0.353 e. The lowest BCUT2D eigenvalue weighted by atomic mass is 10.1. The second kappa shape index (κ2) is 8.33. The number of hydrogen-bond donors (Lipinski definition) is 1. The van der Waals surface area contributed by atoms with Gasteiger partial charge in [-0.15, -0.1) is 0 Å². The molecule has 1 fully saturated rings. The lowest BCUT2D eigenvalue weighted by Crippen LogP contribution is -2.09. The number of nitrogens with zero attached hydrogens (tertiary/aromatic N) is 2. The van der Waals surface area contributed by atoms with Gasteiger partial charge in [-0.25, -0.2) is 4.98 Å². The fourth-order valence-electron chi connectivity index (χ4n) is 2.66. The van der Waals surface area contributed by atoms with Crippen LogP contribution in [0.25, 0.3) is 0 Å². The van der Waals surface area contributed by atoms with Crippen molar-refractivity contribution >= 4 is 5.95 Å². The molecule has 1 aromatic heterocycles. The molecule has 1 aliphatic carbocycles. The zero-order chi connectivity index (χ0) is 14.2. The number of nitrogens with one attached hydrogen (secondary N) is 1. The number of unbranched alkanes of at least 4 members (excludes halogenated alkanes) is 7. The highest BCUT2D eigenvalue weighted by molar-refractivity contribution is 5.32. The van der Waals surface area contributed by atoms with E-state index in [1.165, 1.54) is 64.2 Å². The highest BCUT2D eigenvalue weighted by Crippen LogP contribution is 2.24. The molecule has 1 aromatic rings. The fraction of sp³-hybridized carbons (Fsp3) is 0.824. The second-order valence-electron chi connectivity index (χ2n) is 6.29. The summed E-state index contributed by atoms with van der Waals surface area (Å²) in [5, 5.41) is 3.53. The number of aromatic nitrogens is 2. The lowest BCUT2D eigenvalue weighted by molar-refractivity contribution is 0.545. The van der Waals surface area contributed by atoms with E-state index in [0.29, 0.717) is 6.04 Å². The number of anilines is 1. The molecule has 1 aliphatic rings. The molecule has 0 radical (unpaired) electrons. The highest BCUT2D eigenvalue weighted by Gasteiger charge is 2.22. The first-order chi connectivity index (χ1) is 9.79. The van der Waals surface area contributed by atoms with Gasteiger partial charge >= 0.3 is 0 Å².